The zero-order chi connectivity index (χ0) is 18.0. The normalized spacial score (nSPS) is 13.6. The molecule has 0 fully saturated rings. The fourth-order valence-corrected chi connectivity index (χ4v) is 4.24. The van der Waals surface area contributed by atoms with Crippen LogP contribution in [0.4, 0.5) is 4.39 Å². The van der Waals surface area contributed by atoms with Gasteiger partial charge >= 0.3 is 0 Å². The van der Waals surface area contributed by atoms with Crippen molar-refractivity contribution < 1.29 is 21.2 Å². The zero-order valence-electron chi connectivity index (χ0n) is 13.2. The Morgan fingerprint density at radius 3 is 2.12 bits per heavy atom. The van der Waals surface area contributed by atoms with E-state index in [1.807, 2.05) is 0 Å². The number of nitrogens with one attached hydrogen (secondary N) is 1. The first kappa shape index (κ1) is 18.6. The lowest BCUT2D eigenvalue weighted by atomic mass is 10.1. The van der Waals surface area contributed by atoms with E-state index in [9.17, 15) is 21.2 Å². The van der Waals surface area contributed by atoms with Gasteiger partial charge in [0.1, 0.15) is 5.82 Å². The second-order valence-corrected chi connectivity index (χ2v) is 9.30. The first-order valence-corrected chi connectivity index (χ1v) is 10.7. The van der Waals surface area contributed by atoms with Crippen molar-refractivity contribution in [2.45, 2.75) is 23.6 Å². The van der Waals surface area contributed by atoms with Gasteiger partial charge in [-0.15, -0.1) is 0 Å². The summed E-state index contributed by atoms with van der Waals surface area (Å²) in [7, 11) is -7.06. The topological polar surface area (TPSA) is 80.3 Å². The SMILES string of the molecule is C[C@H](NS(=O)(=O)Cc1ccccc1F)c1ccc(S(C)(=O)=O)cc1. The van der Waals surface area contributed by atoms with Crippen LogP contribution in [0.25, 0.3) is 0 Å². The van der Waals surface area contributed by atoms with Crippen LogP contribution in [-0.4, -0.2) is 23.1 Å². The maximum atomic E-state index is 13.6. The van der Waals surface area contributed by atoms with Gasteiger partial charge in [-0.05, 0) is 30.7 Å². The summed E-state index contributed by atoms with van der Waals surface area (Å²) in [4.78, 5) is 0.160. The Balaban J connectivity index is 2.13. The molecule has 0 spiro atoms. The van der Waals surface area contributed by atoms with Crippen molar-refractivity contribution in [3.05, 3.63) is 65.5 Å². The Morgan fingerprint density at radius 2 is 1.58 bits per heavy atom. The summed E-state index contributed by atoms with van der Waals surface area (Å²) in [5.74, 6) is -1.04. The predicted octanol–water partition coefficient (Wildman–Crippen LogP) is 2.41. The summed E-state index contributed by atoms with van der Waals surface area (Å²) in [6.07, 6.45) is 1.10. The van der Waals surface area contributed by atoms with Gasteiger partial charge in [-0.2, -0.15) is 0 Å². The third kappa shape index (κ3) is 4.86. The van der Waals surface area contributed by atoms with Crippen molar-refractivity contribution in [1.82, 2.24) is 4.72 Å². The van der Waals surface area contributed by atoms with Crippen LogP contribution in [-0.2, 0) is 25.6 Å². The number of halogens is 1. The Morgan fingerprint density at radius 1 is 1.00 bits per heavy atom. The summed E-state index contributed by atoms with van der Waals surface area (Å²) >= 11 is 0. The molecule has 0 saturated carbocycles. The van der Waals surface area contributed by atoms with Crippen LogP contribution in [0, 0.1) is 5.82 Å². The molecule has 0 radical (unpaired) electrons. The highest BCUT2D eigenvalue weighted by Gasteiger charge is 2.18. The summed E-state index contributed by atoms with van der Waals surface area (Å²) in [5.41, 5.74) is 0.698. The fraction of sp³-hybridized carbons (Fsp3) is 0.250. The molecule has 1 N–H and O–H groups in total. The van der Waals surface area contributed by atoms with Gasteiger partial charge in [0, 0.05) is 17.9 Å². The second kappa shape index (κ2) is 7.00. The lowest BCUT2D eigenvalue weighted by Gasteiger charge is -2.15. The van der Waals surface area contributed by atoms with Crippen molar-refractivity contribution in [1.29, 1.82) is 0 Å². The molecule has 0 aliphatic rings. The lowest BCUT2D eigenvalue weighted by Crippen LogP contribution is -2.28. The zero-order valence-corrected chi connectivity index (χ0v) is 14.9. The van der Waals surface area contributed by atoms with Crippen molar-refractivity contribution in [3.8, 4) is 0 Å². The number of benzene rings is 2. The molecular weight excluding hydrogens is 353 g/mol. The minimum atomic E-state index is -3.75. The van der Waals surface area contributed by atoms with E-state index in [0.717, 1.165) is 6.26 Å². The number of rotatable bonds is 6. The van der Waals surface area contributed by atoms with Gasteiger partial charge < -0.3 is 0 Å². The van der Waals surface area contributed by atoms with Crippen molar-refractivity contribution in [2.24, 2.45) is 0 Å². The molecule has 0 aliphatic carbocycles. The molecule has 130 valence electrons. The third-order valence-electron chi connectivity index (χ3n) is 3.47. The van der Waals surface area contributed by atoms with Gasteiger partial charge in [0.25, 0.3) is 0 Å². The minimum absolute atomic E-state index is 0.0876. The Kier molecular flexibility index (Phi) is 5.42. The second-order valence-electron chi connectivity index (χ2n) is 5.53. The highest BCUT2D eigenvalue weighted by atomic mass is 32.2. The van der Waals surface area contributed by atoms with Gasteiger partial charge in [0.15, 0.2) is 9.84 Å². The quantitative estimate of drug-likeness (QED) is 0.846. The molecule has 2 aromatic rings. The molecule has 8 heteroatoms. The molecule has 0 bridgehead atoms. The van der Waals surface area contributed by atoms with Crippen molar-refractivity contribution >= 4 is 19.9 Å². The average Bonchev–Trinajstić information content (AvgIpc) is 2.48. The number of hydrogen-bond acceptors (Lipinski definition) is 4. The largest absolute Gasteiger partial charge is 0.224 e. The molecule has 0 saturated heterocycles. The van der Waals surface area contributed by atoms with E-state index in [1.54, 1.807) is 25.1 Å². The first-order chi connectivity index (χ1) is 11.1. The smallest absolute Gasteiger partial charge is 0.216 e. The molecule has 0 amide bonds. The van der Waals surface area contributed by atoms with Crippen LogP contribution in [0.1, 0.15) is 24.1 Å². The van der Waals surface area contributed by atoms with Gasteiger partial charge in [0.2, 0.25) is 10.0 Å². The van der Waals surface area contributed by atoms with Gasteiger partial charge in [-0.1, -0.05) is 30.3 Å². The minimum Gasteiger partial charge on any atom is -0.224 e. The highest BCUT2D eigenvalue weighted by Crippen LogP contribution is 2.18. The average molecular weight is 371 g/mol. The van der Waals surface area contributed by atoms with Crippen molar-refractivity contribution in [2.75, 3.05) is 6.26 Å². The molecule has 2 rings (SSSR count). The molecule has 2 aromatic carbocycles. The van der Waals surface area contributed by atoms with Crippen LogP contribution < -0.4 is 4.72 Å². The summed E-state index contributed by atoms with van der Waals surface area (Å²) in [5, 5.41) is 0. The van der Waals surface area contributed by atoms with E-state index in [-0.39, 0.29) is 10.5 Å². The molecule has 5 nitrogen and oxygen atoms in total. The summed E-state index contributed by atoms with van der Waals surface area (Å²) in [6.45, 7) is 1.63. The highest BCUT2D eigenvalue weighted by molar-refractivity contribution is 7.90. The standard InChI is InChI=1S/C16H18FNO4S2/c1-12(13-7-9-15(10-8-13)23(2,19)20)18-24(21,22)11-14-5-3-4-6-16(14)17/h3-10,12,18H,11H2,1-2H3/t12-/m0/s1. The molecule has 0 heterocycles. The Hall–Kier alpha value is -1.77. The van der Waals surface area contributed by atoms with Crippen LogP contribution >= 0.6 is 0 Å². The molecular formula is C16H18FNO4S2. The number of hydrogen-bond donors (Lipinski definition) is 1. The Labute approximate surface area is 141 Å². The van der Waals surface area contributed by atoms with Crippen LogP contribution in [0.3, 0.4) is 0 Å². The molecule has 0 aromatic heterocycles. The van der Waals surface area contributed by atoms with Gasteiger partial charge in [-0.3, -0.25) is 0 Å². The predicted molar refractivity (Wildman–Crippen MR) is 90.1 cm³/mol. The number of sulfonamides is 1. The van der Waals surface area contributed by atoms with Crippen LogP contribution in [0.2, 0.25) is 0 Å². The fourth-order valence-electron chi connectivity index (χ4n) is 2.20. The van der Waals surface area contributed by atoms with E-state index >= 15 is 0 Å². The third-order valence-corrected chi connectivity index (χ3v) is 6.00. The van der Waals surface area contributed by atoms with E-state index < -0.39 is 37.5 Å². The maximum absolute atomic E-state index is 13.6. The molecule has 24 heavy (non-hydrogen) atoms. The first-order valence-electron chi connectivity index (χ1n) is 7.12. The van der Waals surface area contributed by atoms with E-state index in [1.165, 1.54) is 30.3 Å². The lowest BCUT2D eigenvalue weighted by molar-refractivity contribution is 0.561. The summed E-state index contributed by atoms with van der Waals surface area (Å²) < 4.78 is 63.3. The monoisotopic (exact) mass is 371 g/mol. The van der Waals surface area contributed by atoms with E-state index in [4.69, 9.17) is 0 Å². The van der Waals surface area contributed by atoms with Gasteiger partial charge in [-0.25, -0.2) is 25.9 Å². The Bertz CT molecular complexity index is 923. The number of sulfone groups is 1. The molecule has 1 atom stereocenters. The van der Waals surface area contributed by atoms with E-state index in [0.29, 0.717) is 5.56 Å². The van der Waals surface area contributed by atoms with Crippen LogP contribution in [0.5, 0.6) is 0 Å². The van der Waals surface area contributed by atoms with E-state index in [2.05, 4.69) is 4.72 Å². The molecule has 0 unspecified atom stereocenters. The van der Waals surface area contributed by atoms with Crippen molar-refractivity contribution in [3.63, 3.8) is 0 Å². The van der Waals surface area contributed by atoms with Gasteiger partial charge in [0.05, 0.1) is 10.6 Å². The van der Waals surface area contributed by atoms with Crippen LogP contribution in [0.15, 0.2) is 53.4 Å². The molecule has 0 aliphatic heterocycles. The maximum Gasteiger partial charge on any atom is 0.216 e. The summed E-state index contributed by atoms with van der Waals surface area (Å²) in [6, 6.07) is 11.1.